The third kappa shape index (κ3) is 5.36. The Morgan fingerprint density at radius 2 is 1.83 bits per heavy atom. The number of halogens is 3. The molecule has 2 heterocycles. The normalized spacial score (nSPS) is 13.4. The zero-order chi connectivity index (χ0) is 25.2. The molecule has 8 heteroatoms. The topological polar surface area (TPSA) is 76.0 Å². The molecule has 4 aromatic rings. The maximum absolute atomic E-state index is 13.9. The number of nitrogens with one attached hydrogen (secondary N) is 1. The van der Waals surface area contributed by atoms with Crippen LogP contribution >= 0.6 is 11.6 Å². The molecule has 2 aromatic carbocycles. The van der Waals surface area contributed by atoms with Crippen LogP contribution in [0.2, 0.25) is 5.02 Å². The Morgan fingerprint density at radius 1 is 1.08 bits per heavy atom. The van der Waals surface area contributed by atoms with Crippen LogP contribution in [-0.2, 0) is 17.6 Å². The lowest BCUT2D eigenvalue weighted by molar-refractivity contribution is -0.118. The van der Waals surface area contributed by atoms with Gasteiger partial charge in [-0.15, -0.1) is 0 Å². The molecule has 0 spiro atoms. The van der Waals surface area contributed by atoms with Gasteiger partial charge < -0.3 is 9.40 Å². The van der Waals surface area contributed by atoms with Crippen molar-refractivity contribution in [2.75, 3.05) is 0 Å². The number of benzene rings is 2. The van der Waals surface area contributed by atoms with Crippen molar-refractivity contribution in [3.8, 4) is 11.5 Å². The van der Waals surface area contributed by atoms with E-state index in [4.69, 9.17) is 16.0 Å². The van der Waals surface area contributed by atoms with Gasteiger partial charge in [-0.2, -0.15) is 0 Å². The number of hydrogen-bond donors (Lipinski definition) is 1. The Labute approximate surface area is 210 Å². The molecule has 5 rings (SSSR count). The number of hydrogen-bond acceptors (Lipinski definition) is 4. The monoisotopic (exact) mass is 506 g/mol. The zero-order valence-electron chi connectivity index (χ0n) is 19.1. The van der Waals surface area contributed by atoms with E-state index in [2.05, 4.69) is 9.97 Å². The smallest absolute Gasteiger partial charge is 0.248 e. The first kappa shape index (κ1) is 23.9. The number of allylic oxidation sites excluding steroid dienone is 2. The van der Waals surface area contributed by atoms with Crippen LogP contribution in [0.3, 0.4) is 0 Å². The van der Waals surface area contributed by atoms with E-state index >= 15 is 0 Å². The summed E-state index contributed by atoms with van der Waals surface area (Å²) in [7, 11) is 0. The molecule has 2 aromatic heterocycles. The number of fused-ring (bicyclic) bond motifs is 1. The molecule has 1 aliphatic rings. The second-order valence-electron chi connectivity index (χ2n) is 8.83. The Hall–Kier alpha value is -3.84. The fourth-order valence-corrected chi connectivity index (χ4v) is 4.63. The molecule has 0 aliphatic heterocycles. The number of aromatic amines is 1. The standard InChI is InChI=1S/C28H21ClF2N2O3/c29-21-6-3-18(4-7-21)28-32-15-25(36-28)20(9-16-10-22(30)14-23(31)11-16)13-24(34)12-19-2-1-17-5-8-26(35)33-27(17)19/h2-8,10-11,14-15,20H,1,9,12-13H2,(H,33,35). The van der Waals surface area contributed by atoms with E-state index < -0.39 is 17.6 Å². The number of ketones is 1. The number of pyridine rings is 1. The highest BCUT2D eigenvalue weighted by Crippen LogP contribution is 2.33. The molecular formula is C28H21ClF2N2O3. The van der Waals surface area contributed by atoms with Gasteiger partial charge in [0.05, 0.1) is 6.20 Å². The summed E-state index contributed by atoms with van der Waals surface area (Å²) >= 11 is 5.96. The Balaban J connectivity index is 1.40. The second kappa shape index (κ2) is 10.0. The average molecular weight is 507 g/mol. The fourth-order valence-electron chi connectivity index (χ4n) is 4.50. The molecule has 1 aliphatic carbocycles. The third-order valence-electron chi connectivity index (χ3n) is 6.18. The fraction of sp³-hybridized carbons (Fsp3) is 0.179. The van der Waals surface area contributed by atoms with Crippen molar-refractivity contribution in [2.24, 2.45) is 0 Å². The molecule has 5 nitrogen and oxygen atoms in total. The Kier molecular flexibility index (Phi) is 6.65. The van der Waals surface area contributed by atoms with Crippen molar-refractivity contribution in [1.82, 2.24) is 9.97 Å². The van der Waals surface area contributed by atoms with Crippen LogP contribution in [0, 0.1) is 11.6 Å². The lowest BCUT2D eigenvalue weighted by atomic mass is 9.90. The highest BCUT2D eigenvalue weighted by Gasteiger charge is 2.24. The van der Waals surface area contributed by atoms with Gasteiger partial charge in [-0.25, -0.2) is 13.8 Å². The third-order valence-corrected chi connectivity index (χ3v) is 6.43. The number of carbonyl (C=O) groups is 1. The SMILES string of the molecule is O=C(CC1=CCc2ccc(=O)[nH]c21)CC(Cc1cc(F)cc(F)c1)c1cnc(-c2ccc(Cl)cc2)o1. The molecule has 36 heavy (non-hydrogen) atoms. The summed E-state index contributed by atoms with van der Waals surface area (Å²) in [4.78, 5) is 32.1. The number of aromatic nitrogens is 2. The van der Waals surface area contributed by atoms with Crippen LogP contribution in [-0.4, -0.2) is 15.8 Å². The van der Waals surface area contributed by atoms with Crippen molar-refractivity contribution < 1.29 is 18.0 Å². The number of oxazole rings is 1. The van der Waals surface area contributed by atoms with Gasteiger partial charge in [-0.3, -0.25) is 9.59 Å². The summed E-state index contributed by atoms with van der Waals surface area (Å²) in [5.41, 5.74) is 3.31. The molecule has 0 saturated carbocycles. The Bertz CT molecular complexity index is 1500. The van der Waals surface area contributed by atoms with E-state index in [1.807, 2.05) is 6.08 Å². The largest absolute Gasteiger partial charge is 0.441 e. The van der Waals surface area contributed by atoms with Gasteiger partial charge in [-0.05, 0) is 65.9 Å². The minimum Gasteiger partial charge on any atom is -0.441 e. The van der Waals surface area contributed by atoms with Crippen LogP contribution in [0.25, 0.3) is 17.0 Å². The van der Waals surface area contributed by atoms with E-state index in [1.54, 1.807) is 36.5 Å². The first-order valence-electron chi connectivity index (χ1n) is 11.4. The van der Waals surface area contributed by atoms with Crippen molar-refractivity contribution in [2.45, 2.75) is 31.6 Å². The van der Waals surface area contributed by atoms with E-state index in [-0.39, 0.29) is 30.6 Å². The minimum atomic E-state index is -0.689. The van der Waals surface area contributed by atoms with Gasteiger partial charge in [-0.1, -0.05) is 23.7 Å². The first-order chi connectivity index (χ1) is 17.3. The van der Waals surface area contributed by atoms with Crippen LogP contribution in [0.5, 0.6) is 0 Å². The van der Waals surface area contributed by atoms with Gasteiger partial charge in [0.15, 0.2) is 0 Å². The molecular weight excluding hydrogens is 486 g/mol. The van der Waals surface area contributed by atoms with E-state index in [9.17, 15) is 18.4 Å². The highest BCUT2D eigenvalue weighted by atomic mass is 35.5. The van der Waals surface area contributed by atoms with Gasteiger partial charge >= 0.3 is 0 Å². The minimum absolute atomic E-state index is 0.0666. The first-order valence-corrected chi connectivity index (χ1v) is 11.8. The van der Waals surface area contributed by atoms with E-state index in [0.29, 0.717) is 39.9 Å². The molecule has 1 atom stereocenters. The van der Waals surface area contributed by atoms with E-state index in [0.717, 1.165) is 17.2 Å². The summed E-state index contributed by atoms with van der Waals surface area (Å²) in [6.07, 6.45) is 4.49. The van der Waals surface area contributed by atoms with Crippen molar-refractivity contribution >= 4 is 23.0 Å². The van der Waals surface area contributed by atoms with Crippen LogP contribution < -0.4 is 5.56 Å². The summed E-state index contributed by atoms with van der Waals surface area (Å²) in [5.74, 6) is -1.17. The number of rotatable bonds is 8. The molecule has 0 saturated heterocycles. The molecule has 0 radical (unpaired) electrons. The average Bonchev–Trinajstić information content (AvgIpc) is 3.46. The second-order valence-corrected chi connectivity index (χ2v) is 9.27. The number of Topliss-reactive ketones (excluding diaryl/α,β-unsaturated/α-hetero) is 1. The summed E-state index contributed by atoms with van der Waals surface area (Å²) in [6, 6.07) is 13.5. The Morgan fingerprint density at radius 3 is 2.58 bits per heavy atom. The lowest BCUT2D eigenvalue weighted by Gasteiger charge is -2.15. The van der Waals surface area contributed by atoms with Gasteiger partial charge in [0.25, 0.3) is 0 Å². The van der Waals surface area contributed by atoms with Crippen LogP contribution in [0.15, 0.2) is 76.1 Å². The number of nitrogens with zero attached hydrogens (tertiary/aromatic N) is 1. The van der Waals surface area contributed by atoms with E-state index in [1.165, 1.54) is 18.2 Å². The van der Waals surface area contributed by atoms with Crippen molar-refractivity contribution in [3.63, 3.8) is 0 Å². The summed E-state index contributed by atoms with van der Waals surface area (Å²) < 4.78 is 33.7. The van der Waals surface area contributed by atoms with Crippen molar-refractivity contribution in [1.29, 1.82) is 0 Å². The maximum Gasteiger partial charge on any atom is 0.248 e. The zero-order valence-corrected chi connectivity index (χ0v) is 19.8. The number of H-pyrrole nitrogens is 1. The summed E-state index contributed by atoms with van der Waals surface area (Å²) in [6.45, 7) is 0. The van der Waals surface area contributed by atoms with Crippen LogP contribution in [0.1, 0.15) is 41.3 Å². The van der Waals surface area contributed by atoms with Gasteiger partial charge in [0.2, 0.25) is 11.4 Å². The number of carbonyl (C=O) groups excluding carboxylic acids is 1. The lowest BCUT2D eigenvalue weighted by Crippen LogP contribution is -2.12. The molecule has 0 fully saturated rings. The predicted octanol–water partition coefficient (Wildman–Crippen LogP) is 6.28. The van der Waals surface area contributed by atoms with Gasteiger partial charge in [0, 0.05) is 47.2 Å². The van der Waals surface area contributed by atoms with Gasteiger partial charge in [0.1, 0.15) is 23.2 Å². The molecule has 1 unspecified atom stereocenters. The quantitative estimate of drug-likeness (QED) is 0.305. The molecule has 0 amide bonds. The molecule has 0 bridgehead atoms. The highest BCUT2D eigenvalue weighted by molar-refractivity contribution is 6.30. The maximum atomic E-state index is 13.9. The van der Waals surface area contributed by atoms with Crippen molar-refractivity contribution in [3.05, 3.63) is 116 Å². The predicted molar refractivity (Wildman–Crippen MR) is 133 cm³/mol. The van der Waals surface area contributed by atoms with Crippen LogP contribution in [0.4, 0.5) is 8.78 Å². The molecule has 1 N–H and O–H groups in total. The summed E-state index contributed by atoms with van der Waals surface area (Å²) in [5, 5.41) is 0.575. The molecule has 182 valence electrons.